The van der Waals surface area contributed by atoms with Gasteiger partial charge in [-0.2, -0.15) is 0 Å². The summed E-state index contributed by atoms with van der Waals surface area (Å²) in [4.78, 5) is 18.4. The Hall–Kier alpha value is -2.64. The van der Waals surface area contributed by atoms with Gasteiger partial charge in [-0.1, -0.05) is 17.3 Å². The maximum atomic E-state index is 13.6. The molecule has 0 aliphatic carbocycles. The van der Waals surface area contributed by atoms with Crippen LogP contribution in [0.15, 0.2) is 23.0 Å². The van der Waals surface area contributed by atoms with E-state index < -0.39 is 17.2 Å². The molecule has 0 amide bonds. The molecular weight excluding hydrogens is 268 g/mol. The van der Waals surface area contributed by atoms with Gasteiger partial charge in [0, 0.05) is 13.5 Å². The van der Waals surface area contributed by atoms with E-state index in [-0.39, 0.29) is 23.3 Å². The minimum Gasteiger partial charge on any atom is -0.308 e. The monoisotopic (exact) mass is 277 g/mol. The molecule has 0 unspecified atom stereocenters. The molecule has 0 aliphatic rings. The molecule has 0 fully saturated rings. The summed E-state index contributed by atoms with van der Waals surface area (Å²) in [5.74, 6) is -1.66. The molecule has 8 heteroatoms. The number of H-pyrrole nitrogens is 1. The number of aryl methyl sites for hydroxylation is 1. The van der Waals surface area contributed by atoms with E-state index in [0.717, 1.165) is 6.07 Å². The van der Waals surface area contributed by atoms with Crippen LogP contribution in [0.25, 0.3) is 11.2 Å². The second-order valence-corrected chi connectivity index (χ2v) is 4.29. The van der Waals surface area contributed by atoms with E-state index in [2.05, 4.69) is 20.3 Å². The summed E-state index contributed by atoms with van der Waals surface area (Å²) >= 11 is 0. The van der Waals surface area contributed by atoms with Crippen LogP contribution in [0.5, 0.6) is 0 Å². The molecule has 6 nitrogen and oxygen atoms in total. The molecule has 0 atom stereocenters. The highest BCUT2D eigenvalue weighted by atomic mass is 19.2. The van der Waals surface area contributed by atoms with Crippen molar-refractivity contribution in [2.24, 2.45) is 7.05 Å². The molecular formula is C12H9F2N5O. The molecule has 3 rings (SSSR count). The van der Waals surface area contributed by atoms with E-state index in [1.807, 2.05) is 0 Å². The Morgan fingerprint density at radius 2 is 2.15 bits per heavy atom. The molecule has 1 aromatic carbocycles. The highest BCUT2D eigenvalue weighted by Crippen LogP contribution is 2.14. The second kappa shape index (κ2) is 4.48. The van der Waals surface area contributed by atoms with Crippen LogP contribution in [0.3, 0.4) is 0 Å². The zero-order valence-electron chi connectivity index (χ0n) is 10.4. The summed E-state index contributed by atoms with van der Waals surface area (Å²) in [6.45, 7) is 0. The Labute approximate surface area is 111 Å². The normalized spacial score (nSPS) is 11.2. The predicted octanol–water partition coefficient (Wildman–Crippen LogP) is 0.921. The van der Waals surface area contributed by atoms with Crippen molar-refractivity contribution in [3.05, 3.63) is 51.6 Å². The average molecular weight is 277 g/mol. The molecule has 1 N–H and O–H groups in total. The third-order valence-electron chi connectivity index (χ3n) is 2.90. The Kier molecular flexibility index (Phi) is 2.78. The SMILES string of the molecule is Cn1nnc2c(=O)[nH]c(Cc3cccc(F)c3F)nc21. The third-order valence-corrected chi connectivity index (χ3v) is 2.90. The number of halogens is 2. The first-order valence-corrected chi connectivity index (χ1v) is 5.77. The summed E-state index contributed by atoms with van der Waals surface area (Å²) in [5, 5.41) is 7.36. The number of aromatic nitrogens is 5. The highest BCUT2D eigenvalue weighted by molar-refractivity contribution is 5.67. The van der Waals surface area contributed by atoms with Gasteiger partial charge in [-0.3, -0.25) is 4.79 Å². The van der Waals surface area contributed by atoms with Gasteiger partial charge in [-0.05, 0) is 11.6 Å². The molecule has 0 radical (unpaired) electrons. The van der Waals surface area contributed by atoms with Crippen molar-refractivity contribution < 1.29 is 8.78 Å². The fraction of sp³-hybridized carbons (Fsp3) is 0.167. The zero-order chi connectivity index (χ0) is 14.3. The molecule has 0 saturated carbocycles. The molecule has 2 heterocycles. The largest absolute Gasteiger partial charge is 0.308 e. The third kappa shape index (κ3) is 1.94. The number of nitrogens with zero attached hydrogens (tertiary/aromatic N) is 4. The number of hydrogen-bond acceptors (Lipinski definition) is 4. The number of aromatic amines is 1. The molecule has 0 aliphatic heterocycles. The van der Waals surface area contributed by atoms with Crippen LogP contribution < -0.4 is 5.56 Å². The van der Waals surface area contributed by atoms with E-state index in [1.165, 1.54) is 16.8 Å². The van der Waals surface area contributed by atoms with Crippen molar-refractivity contribution >= 4 is 11.2 Å². The molecule has 3 aromatic rings. The summed E-state index contributed by atoms with van der Waals surface area (Å²) in [6.07, 6.45) is -0.0278. The second-order valence-electron chi connectivity index (χ2n) is 4.29. The van der Waals surface area contributed by atoms with Crippen molar-refractivity contribution in [1.82, 2.24) is 25.0 Å². The number of benzene rings is 1. The van der Waals surface area contributed by atoms with E-state index in [9.17, 15) is 13.6 Å². The van der Waals surface area contributed by atoms with Gasteiger partial charge in [-0.15, -0.1) is 5.10 Å². The van der Waals surface area contributed by atoms with E-state index in [1.54, 1.807) is 7.05 Å². The minimum atomic E-state index is -0.946. The predicted molar refractivity (Wildman–Crippen MR) is 66.1 cm³/mol. The smallest absolute Gasteiger partial charge is 0.281 e. The van der Waals surface area contributed by atoms with Crippen LogP contribution in [0, 0.1) is 11.6 Å². The van der Waals surface area contributed by atoms with Gasteiger partial charge >= 0.3 is 0 Å². The lowest BCUT2D eigenvalue weighted by Gasteiger charge is -2.03. The first-order chi connectivity index (χ1) is 9.56. The van der Waals surface area contributed by atoms with Crippen LogP contribution in [-0.4, -0.2) is 25.0 Å². The van der Waals surface area contributed by atoms with Gasteiger partial charge in [0.1, 0.15) is 5.82 Å². The molecule has 2 aromatic heterocycles. The fourth-order valence-corrected chi connectivity index (χ4v) is 1.92. The Bertz CT molecular complexity index is 855. The lowest BCUT2D eigenvalue weighted by atomic mass is 10.1. The van der Waals surface area contributed by atoms with Gasteiger partial charge in [-0.25, -0.2) is 18.4 Å². The lowest BCUT2D eigenvalue weighted by molar-refractivity contribution is 0.500. The van der Waals surface area contributed by atoms with Crippen molar-refractivity contribution in [2.75, 3.05) is 0 Å². The van der Waals surface area contributed by atoms with Gasteiger partial charge < -0.3 is 4.98 Å². The van der Waals surface area contributed by atoms with Crippen LogP contribution >= 0.6 is 0 Å². The topological polar surface area (TPSA) is 76.5 Å². The molecule has 0 saturated heterocycles. The molecule has 102 valence electrons. The number of nitrogens with one attached hydrogen (secondary N) is 1. The number of hydrogen-bond donors (Lipinski definition) is 1. The quantitative estimate of drug-likeness (QED) is 0.755. The maximum absolute atomic E-state index is 13.6. The molecule has 0 bridgehead atoms. The highest BCUT2D eigenvalue weighted by Gasteiger charge is 2.13. The summed E-state index contributed by atoms with van der Waals surface area (Å²) in [6, 6.07) is 3.86. The fourth-order valence-electron chi connectivity index (χ4n) is 1.92. The van der Waals surface area contributed by atoms with Crippen LogP contribution in [-0.2, 0) is 13.5 Å². The van der Waals surface area contributed by atoms with Gasteiger partial charge in [0.25, 0.3) is 5.56 Å². The lowest BCUT2D eigenvalue weighted by Crippen LogP contribution is -2.13. The van der Waals surface area contributed by atoms with Crippen LogP contribution in [0.1, 0.15) is 11.4 Å². The first-order valence-electron chi connectivity index (χ1n) is 5.77. The van der Waals surface area contributed by atoms with Gasteiger partial charge in [0.2, 0.25) is 0 Å². The van der Waals surface area contributed by atoms with Gasteiger partial charge in [0.05, 0.1) is 0 Å². The summed E-state index contributed by atoms with van der Waals surface area (Å²) in [7, 11) is 1.59. The zero-order valence-corrected chi connectivity index (χ0v) is 10.4. The van der Waals surface area contributed by atoms with Crippen LogP contribution in [0.4, 0.5) is 8.78 Å². The van der Waals surface area contributed by atoms with Crippen molar-refractivity contribution in [2.45, 2.75) is 6.42 Å². The van der Waals surface area contributed by atoms with Crippen molar-refractivity contribution in [3.63, 3.8) is 0 Å². The number of rotatable bonds is 2. The molecule has 0 spiro atoms. The number of fused-ring (bicyclic) bond motifs is 1. The summed E-state index contributed by atoms with van der Waals surface area (Å²) < 4.78 is 28.1. The van der Waals surface area contributed by atoms with Crippen molar-refractivity contribution in [1.29, 1.82) is 0 Å². The van der Waals surface area contributed by atoms with E-state index in [0.29, 0.717) is 5.65 Å². The van der Waals surface area contributed by atoms with E-state index >= 15 is 0 Å². The average Bonchev–Trinajstić information content (AvgIpc) is 2.78. The maximum Gasteiger partial charge on any atom is 0.281 e. The summed E-state index contributed by atoms with van der Waals surface area (Å²) in [5.41, 5.74) is 0.0501. The first kappa shape index (κ1) is 12.4. The Morgan fingerprint density at radius 1 is 1.35 bits per heavy atom. The Balaban J connectivity index is 2.09. The minimum absolute atomic E-state index is 0.0278. The molecule has 20 heavy (non-hydrogen) atoms. The Morgan fingerprint density at radius 3 is 2.95 bits per heavy atom. The van der Waals surface area contributed by atoms with Crippen molar-refractivity contribution in [3.8, 4) is 0 Å². The van der Waals surface area contributed by atoms with Gasteiger partial charge in [0.15, 0.2) is 22.8 Å². The standard InChI is InChI=1S/C12H9F2N5O/c1-19-11-10(17-18-19)12(20)16-8(15-11)5-6-3-2-4-7(13)9(6)14/h2-4H,5H2,1H3,(H,15,16,20). The van der Waals surface area contributed by atoms with Crippen LogP contribution in [0.2, 0.25) is 0 Å². The van der Waals surface area contributed by atoms with E-state index in [4.69, 9.17) is 0 Å².